The Morgan fingerprint density at radius 1 is 1.40 bits per heavy atom. The van der Waals surface area contributed by atoms with Crippen LogP contribution in [0.1, 0.15) is 48.8 Å². The van der Waals surface area contributed by atoms with Gasteiger partial charge in [-0.1, -0.05) is 23.7 Å². The van der Waals surface area contributed by atoms with Crippen LogP contribution in [0.2, 0.25) is 0 Å². The van der Waals surface area contributed by atoms with E-state index in [4.69, 9.17) is 9.26 Å². The maximum Gasteiger partial charge on any atom is 0.258 e. The van der Waals surface area contributed by atoms with Gasteiger partial charge in [0.2, 0.25) is 0 Å². The number of aryl methyl sites for hydroxylation is 1. The second-order valence-corrected chi connectivity index (χ2v) is 6.98. The van der Waals surface area contributed by atoms with Gasteiger partial charge in [-0.15, -0.1) is 0 Å². The van der Waals surface area contributed by atoms with E-state index in [1.165, 1.54) is 6.42 Å². The molecule has 0 bridgehead atoms. The minimum absolute atomic E-state index is 0.0855. The van der Waals surface area contributed by atoms with Gasteiger partial charge in [-0.25, -0.2) is 0 Å². The zero-order chi connectivity index (χ0) is 17.4. The SMILES string of the molecule is CCO[C@H]1C[C@H](NC(=O)c2ccccc2-c2nc(C)no2)C12CCC2. The predicted octanol–water partition coefficient (Wildman–Crippen LogP) is 3.12. The molecule has 1 N–H and O–H groups in total. The molecule has 2 aromatic rings. The Morgan fingerprint density at radius 3 is 2.84 bits per heavy atom. The molecule has 1 spiro atoms. The largest absolute Gasteiger partial charge is 0.378 e. The fourth-order valence-electron chi connectivity index (χ4n) is 4.15. The number of nitrogens with zero attached hydrogens (tertiary/aromatic N) is 2. The van der Waals surface area contributed by atoms with Crippen LogP contribution >= 0.6 is 0 Å². The Morgan fingerprint density at radius 2 is 2.20 bits per heavy atom. The average Bonchev–Trinajstić information content (AvgIpc) is 2.98. The highest BCUT2D eigenvalue weighted by atomic mass is 16.5. The number of hydrogen-bond acceptors (Lipinski definition) is 5. The van der Waals surface area contributed by atoms with Crippen molar-refractivity contribution >= 4 is 5.91 Å². The van der Waals surface area contributed by atoms with Crippen LogP contribution in [0.15, 0.2) is 28.8 Å². The van der Waals surface area contributed by atoms with Crippen molar-refractivity contribution in [2.24, 2.45) is 5.41 Å². The van der Waals surface area contributed by atoms with Gasteiger partial charge >= 0.3 is 0 Å². The molecule has 0 saturated heterocycles. The zero-order valence-electron chi connectivity index (χ0n) is 14.6. The topological polar surface area (TPSA) is 77.2 Å². The molecule has 4 rings (SSSR count). The van der Waals surface area contributed by atoms with Gasteiger partial charge in [0.05, 0.1) is 17.2 Å². The van der Waals surface area contributed by atoms with E-state index in [1.807, 2.05) is 25.1 Å². The Balaban J connectivity index is 1.53. The molecular formula is C19H23N3O3. The molecular weight excluding hydrogens is 318 g/mol. The Bertz CT molecular complexity index is 782. The number of benzene rings is 1. The summed E-state index contributed by atoms with van der Waals surface area (Å²) in [6, 6.07) is 7.54. The minimum atomic E-state index is -0.0855. The summed E-state index contributed by atoms with van der Waals surface area (Å²) in [5.74, 6) is 0.845. The van der Waals surface area contributed by atoms with Crippen LogP contribution in [-0.4, -0.2) is 34.8 Å². The van der Waals surface area contributed by atoms with E-state index in [0.717, 1.165) is 25.9 Å². The fourth-order valence-corrected chi connectivity index (χ4v) is 4.15. The molecule has 2 atom stereocenters. The summed E-state index contributed by atoms with van der Waals surface area (Å²) in [6.07, 6.45) is 4.65. The normalized spacial score (nSPS) is 23.8. The molecule has 0 radical (unpaired) electrons. The number of nitrogens with one attached hydrogen (secondary N) is 1. The number of carbonyl (C=O) groups is 1. The standard InChI is InChI=1S/C19H23N3O3/c1-3-24-16-11-15(19(16)9-6-10-19)21-17(23)13-7-4-5-8-14(13)18-20-12(2)22-25-18/h4-5,7-8,15-16H,3,6,9-11H2,1-2H3,(H,21,23)/t15-,16-/m0/s1. The molecule has 1 aromatic carbocycles. The van der Waals surface area contributed by atoms with Crippen molar-refractivity contribution in [3.05, 3.63) is 35.7 Å². The van der Waals surface area contributed by atoms with Crippen molar-refractivity contribution in [1.82, 2.24) is 15.5 Å². The zero-order valence-corrected chi connectivity index (χ0v) is 14.6. The number of carbonyl (C=O) groups excluding carboxylic acids is 1. The smallest absolute Gasteiger partial charge is 0.258 e. The number of amides is 1. The molecule has 6 nitrogen and oxygen atoms in total. The summed E-state index contributed by atoms with van der Waals surface area (Å²) in [7, 11) is 0. The quantitative estimate of drug-likeness (QED) is 0.904. The van der Waals surface area contributed by atoms with E-state index < -0.39 is 0 Å². The van der Waals surface area contributed by atoms with Crippen molar-refractivity contribution in [2.75, 3.05) is 6.61 Å². The summed E-state index contributed by atoms with van der Waals surface area (Å²) in [4.78, 5) is 17.2. The van der Waals surface area contributed by atoms with Crippen molar-refractivity contribution in [1.29, 1.82) is 0 Å². The molecule has 6 heteroatoms. The first-order valence-electron chi connectivity index (χ1n) is 8.96. The van der Waals surface area contributed by atoms with Gasteiger partial charge in [-0.2, -0.15) is 4.98 Å². The van der Waals surface area contributed by atoms with E-state index in [-0.39, 0.29) is 23.5 Å². The first kappa shape index (κ1) is 16.3. The third-order valence-corrected chi connectivity index (χ3v) is 5.67. The molecule has 132 valence electrons. The first-order chi connectivity index (χ1) is 12.1. The van der Waals surface area contributed by atoms with Gasteiger partial charge in [-0.05, 0) is 45.2 Å². The molecule has 1 amide bonds. The lowest BCUT2D eigenvalue weighted by molar-refractivity contribution is -0.169. The molecule has 0 aliphatic heterocycles. The van der Waals surface area contributed by atoms with Crippen molar-refractivity contribution in [2.45, 2.75) is 51.7 Å². The van der Waals surface area contributed by atoms with Gasteiger partial charge in [0.1, 0.15) is 0 Å². The highest BCUT2D eigenvalue weighted by Gasteiger charge is 2.59. The Hall–Kier alpha value is -2.21. The van der Waals surface area contributed by atoms with Crippen molar-refractivity contribution in [3.63, 3.8) is 0 Å². The lowest BCUT2D eigenvalue weighted by Crippen LogP contribution is -2.67. The number of hydrogen-bond donors (Lipinski definition) is 1. The molecule has 2 saturated carbocycles. The van der Waals surface area contributed by atoms with E-state index >= 15 is 0 Å². The van der Waals surface area contributed by atoms with Crippen LogP contribution in [-0.2, 0) is 4.74 Å². The van der Waals surface area contributed by atoms with E-state index in [0.29, 0.717) is 22.8 Å². The maximum atomic E-state index is 12.9. The Labute approximate surface area is 147 Å². The van der Waals surface area contributed by atoms with Gasteiger partial charge in [0.25, 0.3) is 11.8 Å². The third kappa shape index (κ3) is 2.65. The summed E-state index contributed by atoms with van der Waals surface area (Å²) in [5, 5.41) is 7.05. The number of rotatable bonds is 5. The lowest BCUT2D eigenvalue weighted by Gasteiger charge is -2.61. The molecule has 0 unspecified atom stereocenters. The highest BCUT2D eigenvalue weighted by molar-refractivity contribution is 6.00. The van der Waals surface area contributed by atoms with Gasteiger partial charge < -0.3 is 14.6 Å². The lowest BCUT2D eigenvalue weighted by atomic mass is 9.51. The van der Waals surface area contributed by atoms with Gasteiger partial charge in [0, 0.05) is 18.1 Å². The number of ether oxygens (including phenoxy) is 1. The second-order valence-electron chi connectivity index (χ2n) is 6.98. The first-order valence-corrected chi connectivity index (χ1v) is 8.96. The third-order valence-electron chi connectivity index (χ3n) is 5.67. The molecule has 2 aliphatic carbocycles. The van der Waals surface area contributed by atoms with E-state index in [9.17, 15) is 4.79 Å². The van der Waals surface area contributed by atoms with Gasteiger partial charge in [0.15, 0.2) is 5.82 Å². The predicted molar refractivity (Wildman–Crippen MR) is 92.0 cm³/mol. The summed E-state index contributed by atoms with van der Waals surface area (Å²) >= 11 is 0. The van der Waals surface area contributed by atoms with Crippen LogP contribution in [0, 0.1) is 12.3 Å². The molecule has 2 aliphatic rings. The van der Waals surface area contributed by atoms with Crippen molar-refractivity contribution in [3.8, 4) is 11.5 Å². The van der Waals surface area contributed by atoms with Crippen molar-refractivity contribution < 1.29 is 14.1 Å². The molecule has 1 aromatic heterocycles. The average molecular weight is 341 g/mol. The van der Waals surface area contributed by atoms with Crippen LogP contribution in [0.25, 0.3) is 11.5 Å². The molecule has 2 fully saturated rings. The summed E-state index contributed by atoms with van der Waals surface area (Å²) in [5.41, 5.74) is 1.38. The Kier molecular flexibility index (Phi) is 4.07. The maximum absolute atomic E-state index is 12.9. The molecule has 25 heavy (non-hydrogen) atoms. The minimum Gasteiger partial charge on any atom is -0.378 e. The fraction of sp³-hybridized carbons (Fsp3) is 0.526. The van der Waals surface area contributed by atoms with Crippen LogP contribution in [0.4, 0.5) is 0 Å². The molecule has 1 heterocycles. The highest BCUT2D eigenvalue weighted by Crippen LogP contribution is 2.57. The van der Waals surface area contributed by atoms with Crippen LogP contribution in [0.5, 0.6) is 0 Å². The monoisotopic (exact) mass is 341 g/mol. The van der Waals surface area contributed by atoms with E-state index in [2.05, 4.69) is 15.5 Å². The summed E-state index contributed by atoms with van der Waals surface area (Å²) in [6.45, 7) is 4.52. The summed E-state index contributed by atoms with van der Waals surface area (Å²) < 4.78 is 11.1. The van der Waals surface area contributed by atoms with E-state index in [1.54, 1.807) is 13.0 Å². The second kappa shape index (κ2) is 6.26. The van der Waals surface area contributed by atoms with Gasteiger partial charge in [-0.3, -0.25) is 4.79 Å². The van der Waals surface area contributed by atoms with Crippen LogP contribution < -0.4 is 5.32 Å². The number of aromatic nitrogens is 2. The van der Waals surface area contributed by atoms with Crippen LogP contribution in [0.3, 0.4) is 0 Å².